The summed E-state index contributed by atoms with van der Waals surface area (Å²) in [7, 11) is 0. The Morgan fingerprint density at radius 1 is 1.07 bits per heavy atom. The van der Waals surface area contributed by atoms with Crippen molar-refractivity contribution in [2.75, 3.05) is 43.2 Å². The van der Waals surface area contributed by atoms with E-state index in [-0.39, 0.29) is 18.7 Å². The Bertz CT molecular complexity index is 884. The van der Waals surface area contributed by atoms with Crippen LogP contribution in [0.1, 0.15) is 6.92 Å². The SMILES string of the molecule is CC(NC(=O)N1CCN(c2ccccn2)CC1)C(=O)Nc1ccc2c(c1)OCO2. The fraction of sp³-hybridized carbons (Fsp3) is 0.350. The number of piperazine rings is 1. The zero-order valence-electron chi connectivity index (χ0n) is 16.1. The topological polar surface area (TPSA) is 96.0 Å². The van der Waals surface area contributed by atoms with Crippen molar-refractivity contribution < 1.29 is 19.1 Å². The number of rotatable bonds is 4. The van der Waals surface area contributed by atoms with Crippen LogP contribution in [0.2, 0.25) is 0 Å². The Balaban J connectivity index is 1.26. The third-order valence-electron chi connectivity index (χ3n) is 4.91. The molecular formula is C20H23N5O4. The van der Waals surface area contributed by atoms with E-state index in [4.69, 9.17) is 9.47 Å². The second kappa shape index (κ2) is 8.26. The number of pyridine rings is 1. The highest BCUT2D eigenvalue weighted by Crippen LogP contribution is 2.34. The summed E-state index contributed by atoms with van der Waals surface area (Å²) in [6.07, 6.45) is 1.76. The molecule has 2 aliphatic rings. The number of benzene rings is 1. The zero-order valence-corrected chi connectivity index (χ0v) is 16.1. The number of hydrogen-bond acceptors (Lipinski definition) is 6. The Morgan fingerprint density at radius 2 is 1.86 bits per heavy atom. The lowest BCUT2D eigenvalue weighted by molar-refractivity contribution is -0.117. The number of fused-ring (bicyclic) bond motifs is 1. The summed E-state index contributed by atoms with van der Waals surface area (Å²) >= 11 is 0. The predicted octanol–water partition coefficient (Wildman–Crippen LogP) is 1.67. The molecule has 9 heteroatoms. The van der Waals surface area contributed by atoms with Gasteiger partial charge in [0.1, 0.15) is 11.9 Å². The lowest BCUT2D eigenvalue weighted by atomic mass is 10.2. The standard InChI is InChI=1S/C20H23N5O4/c1-14(19(26)23-15-5-6-16-17(12-15)29-13-28-16)22-20(27)25-10-8-24(9-11-25)18-4-2-3-7-21-18/h2-7,12,14H,8-11,13H2,1H3,(H,22,27)(H,23,26). The minimum absolute atomic E-state index is 0.173. The number of hydrogen-bond donors (Lipinski definition) is 2. The summed E-state index contributed by atoms with van der Waals surface area (Å²) in [6, 6.07) is 10.0. The maximum absolute atomic E-state index is 12.5. The van der Waals surface area contributed by atoms with Crippen molar-refractivity contribution in [3.05, 3.63) is 42.6 Å². The number of urea groups is 1. The van der Waals surface area contributed by atoms with Gasteiger partial charge in [-0.3, -0.25) is 4.79 Å². The van der Waals surface area contributed by atoms with E-state index in [9.17, 15) is 9.59 Å². The van der Waals surface area contributed by atoms with Crippen LogP contribution in [-0.4, -0.2) is 60.8 Å². The normalized spacial score (nSPS) is 16.3. The van der Waals surface area contributed by atoms with Crippen LogP contribution in [-0.2, 0) is 4.79 Å². The number of nitrogens with one attached hydrogen (secondary N) is 2. The molecule has 0 bridgehead atoms. The number of amides is 3. The first kappa shape index (κ1) is 18.9. The molecule has 1 fully saturated rings. The van der Waals surface area contributed by atoms with Crippen LogP contribution in [0.25, 0.3) is 0 Å². The Kier molecular flexibility index (Phi) is 5.37. The molecule has 1 unspecified atom stereocenters. The highest BCUT2D eigenvalue weighted by molar-refractivity contribution is 5.97. The highest BCUT2D eigenvalue weighted by atomic mass is 16.7. The van der Waals surface area contributed by atoms with Crippen molar-refractivity contribution in [2.45, 2.75) is 13.0 Å². The lowest BCUT2D eigenvalue weighted by Crippen LogP contribution is -2.54. The average molecular weight is 397 g/mol. The Labute approximate surface area is 168 Å². The molecule has 0 radical (unpaired) electrons. The minimum atomic E-state index is -0.679. The maximum Gasteiger partial charge on any atom is 0.318 e. The second-order valence-corrected chi connectivity index (χ2v) is 6.89. The van der Waals surface area contributed by atoms with Crippen LogP contribution < -0.4 is 25.0 Å². The molecule has 2 aliphatic heterocycles. The Hall–Kier alpha value is -3.49. The minimum Gasteiger partial charge on any atom is -0.454 e. The van der Waals surface area contributed by atoms with Gasteiger partial charge in [0.25, 0.3) is 0 Å². The summed E-state index contributed by atoms with van der Waals surface area (Å²) in [5.41, 5.74) is 0.587. The number of nitrogens with zero attached hydrogens (tertiary/aromatic N) is 3. The van der Waals surface area contributed by atoms with Gasteiger partial charge < -0.3 is 29.9 Å². The van der Waals surface area contributed by atoms with Gasteiger partial charge in [-0.15, -0.1) is 0 Å². The van der Waals surface area contributed by atoms with Gasteiger partial charge in [-0.25, -0.2) is 9.78 Å². The fourth-order valence-electron chi connectivity index (χ4n) is 3.25. The largest absolute Gasteiger partial charge is 0.454 e. The summed E-state index contributed by atoms with van der Waals surface area (Å²) in [5.74, 6) is 1.84. The monoisotopic (exact) mass is 397 g/mol. The van der Waals surface area contributed by atoms with Gasteiger partial charge in [-0.1, -0.05) is 6.07 Å². The molecule has 2 aromatic rings. The molecule has 29 heavy (non-hydrogen) atoms. The molecule has 0 saturated carbocycles. The first-order valence-electron chi connectivity index (χ1n) is 9.52. The van der Waals surface area contributed by atoms with E-state index in [2.05, 4.69) is 20.5 Å². The van der Waals surface area contributed by atoms with Gasteiger partial charge in [0, 0.05) is 44.1 Å². The molecule has 4 rings (SSSR count). The number of ether oxygens (including phenoxy) is 2. The number of carbonyl (C=O) groups is 2. The van der Waals surface area contributed by atoms with Crippen molar-refractivity contribution in [2.24, 2.45) is 0 Å². The van der Waals surface area contributed by atoms with Crippen LogP contribution in [0, 0.1) is 0 Å². The first-order valence-corrected chi connectivity index (χ1v) is 9.52. The van der Waals surface area contributed by atoms with Crippen LogP contribution in [0.5, 0.6) is 11.5 Å². The van der Waals surface area contributed by atoms with Gasteiger partial charge in [0.2, 0.25) is 12.7 Å². The predicted molar refractivity (Wildman–Crippen MR) is 107 cm³/mol. The van der Waals surface area contributed by atoms with Gasteiger partial charge in [-0.05, 0) is 31.2 Å². The molecule has 1 saturated heterocycles. The van der Waals surface area contributed by atoms with E-state index >= 15 is 0 Å². The van der Waals surface area contributed by atoms with Gasteiger partial charge >= 0.3 is 6.03 Å². The van der Waals surface area contributed by atoms with Crippen LogP contribution in [0.4, 0.5) is 16.3 Å². The summed E-state index contributed by atoms with van der Waals surface area (Å²) in [6.45, 7) is 4.36. The van der Waals surface area contributed by atoms with Crippen LogP contribution in [0.3, 0.4) is 0 Å². The highest BCUT2D eigenvalue weighted by Gasteiger charge is 2.25. The summed E-state index contributed by atoms with van der Waals surface area (Å²) in [4.78, 5) is 33.2. The van der Waals surface area contributed by atoms with E-state index in [0.717, 1.165) is 5.82 Å². The third kappa shape index (κ3) is 4.34. The third-order valence-corrected chi connectivity index (χ3v) is 4.91. The zero-order chi connectivity index (χ0) is 20.2. The molecule has 0 aliphatic carbocycles. The molecule has 0 spiro atoms. The lowest BCUT2D eigenvalue weighted by Gasteiger charge is -2.35. The summed E-state index contributed by atoms with van der Waals surface area (Å²) in [5, 5.41) is 5.55. The molecule has 3 heterocycles. The quantitative estimate of drug-likeness (QED) is 0.815. The van der Waals surface area contributed by atoms with E-state index in [1.165, 1.54) is 0 Å². The molecule has 152 valence electrons. The van der Waals surface area contributed by atoms with Crippen molar-refractivity contribution >= 4 is 23.4 Å². The van der Waals surface area contributed by atoms with Crippen molar-refractivity contribution in [3.8, 4) is 11.5 Å². The number of anilines is 2. The average Bonchev–Trinajstić information content (AvgIpc) is 3.22. The molecule has 2 N–H and O–H groups in total. The van der Waals surface area contributed by atoms with E-state index < -0.39 is 6.04 Å². The number of aromatic nitrogens is 1. The second-order valence-electron chi connectivity index (χ2n) is 6.89. The number of carbonyl (C=O) groups excluding carboxylic acids is 2. The molecule has 9 nitrogen and oxygen atoms in total. The van der Waals surface area contributed by atoms with Gasteiger partial charge in [0.05, 0.1) is 0 Å². The Morgan fingerprint density at radius 3 is 2.62 bits per heavy atom. The van der Waals surface area contributed by atoms with Crippen molar-refractivity contribution in [3.63, 3.8) is 0 Å². The smallest absolute Gasteiger partial charge is 0.318 e. The van der Waals surface area contributed by atoms with Crippen molar-refractivity contribution in [1.82, 2.24) is 15.2 Å². The first-order chi connectivity index (χ1) is 14.1. The molecule has 1 aromatic carbocycles. The van der Waals surface area contributed by atoms with Gasteiger partial charge in [0.15, 0.2) is 11.5 Å². The molecular weight excluding hydrogens is 374 g/mol. The van der Waals surface area contributed by atoms with E-state index in [0.29, 0.717) is 43.4 Å². The van der Waals surface area contributed by atoms with Gasteiger partial charge in [-0.2, -0.15) is 0 Å². The fourth-order valence-corrected chi connectivity index (χ4v) is 3.25. The van der Waals surface area contributed by atoms with Crippen LogP contribution >= 0.6 is 0 Å². The van der Waals surface area contributed by atoms with Crippen molar-refractivity contribution in [1.29, 1.82) is 0 Å². The summed E-state index contributed by atoms with van der Waals surface area (Å²) < 4.78 is 10.6. The van der Waals surface area contributed by atoms with E-state index in [1.54, 1.807) is 36.2 Å². The van der Waals surface area contributed by atoms with E-state index in [1.807, 2.05) is 18.2 Å². The van der Waals surface area contributed by atoms with Crippen LogP contribution in [0.15, 0.2) is 42.6 Å². The maximum atomic E-state index is 12.5. The molecule has 1 atom stereocenters. The molecule has 3 amide bonds. The molecule has 1 aromatic heterocycles.